The van der Waals surface area contributed by atoms with Gasteiger partial charge >= 0.3 is 6.03 Å². The van der Waals surface area contributed by atoms with Gasteiger partial charge in [-0.15, -0.1) is 4.36 Å². The number of rotatable bonds is 4. The molecule has 10 nitrogen and oxygen atoms in total. The number of anilines is 1. The van der Waals surface area contributed by atoms with Crippen molar-refractivity contribution < 1.29 is 22.9 Å². The number of fused-ring (bicyclic) bond motifs is 2. The monoisotopic (exact) mass is 472 g/mol. The van der Waals surface area contributed by atoms with Crippen molar-refractivity contribution in [1.29, 1.82) is 0 Å². The summed E-state index contributed by atoms with van der Waals surface area (Å²) in [6.45, 7) is 1.03. The van der Waals surface area contributed by atoms with E-state index in [0.29, 0.717) is 30.8 Å². The van der Waals surface area contributed by atoms with Crippen molar-refractivity contribution in [3.8, 4) is 22.9 Å². The number of pyridine rings is 1. The van der Waals surface area contributed by atoms with Crippen LogP contribution in [-0.2, 0) is 29.3 Å². The Bertz CT molecular complexity index is 1400. The van der Waals surface area contributed by atoms with Crippen molar-refractivity contribution in [1.82, 2.24) is 14.8 Å². The lowest BCUT2D eigenvalue weighted by Gasteiger charge is -2.25. The van der Waals surface area contributed by atoms with Crippen LogP contribution in [0.4, 0.5) is 14.9 Å². The summed E-state index contributed by atoms with van der Waals surface area (Å²) in [7, 11) is -2.20. The first-order chi connectivity index (χ1) is 15.9. The summed E-state index contributed by atoms with van der Waals surface area (Å²) in [5, 5.41) is 12.7. The van der Waals surface area contributed by atoms with Crippen molar-refractivity contribution in [2.75, 3.05) is 19.0 Å². The van der Waals surface area contributed by atoms with E-state index in [0.717, 1.165) is 30.2 Å². The second-order valence-corrected chi connectivity index (χ2v) is 9.42. The minimum Gasteiger partial charge on any atom is -0.481 e. The molecule has 3 heterocycles. The van der Waals surface area contributed by atoms with Gasteiger partial charge in [0.15, 0.2) is 9.92 Å². The summed E-state index contributed by atoms with van der Waals surface area (Å²) in [6, 6.07) is 4.13. The Morgan fingerprint density at radius 1 is 1.33 bits per heavy atom. The fraction of sp³-hybridized carbons (Fsp3) is 0.286. The molecule has 3 N–H and O–H groups in total. The number of nitrogens with zero attached hydrogens (tertiary/aromatic N) is 4. The predicted octanol–water partition coefficient (Wildman–Crippen LogP) is 2.91. The Labute approximate surface area is 189 Å². The number of nitrogens with one attached hydrogen (secondary N) is 1. The fourth-order valence-corrected chi connectivity index (χ4v) is 4.95. The van der Waals surface area contributed by atoms with Gasteiger partial charge in [0, 0.05) is 30.2 Å². The number of aryl methyl sites for hydroxylation is 2. The summed E-state index contributed by atoms with van der Waals surface area (Å²) < 4.78 is 43.7. The molecule has 0 saturated heterocycles. The normalized spacial score (nSPS) is 15.8. The number of hydrogen-bond acceptors (Lipinski definition) is 6. The standard InChI is InChI=1S/C21H21FN6O4S/c1-31-18-9-15(16(22)10-24-18)14-6-4-12-3-5-13(12)19(14)26-21(29)27-33(23,30)17-11-25-28-7-2-8-32-20(17)28/h4,6,9-11H,2-3,5,7-8H2,1H3,(H3,23,26,27,29,30). The van der Waals surface area contributed by atoms with Gasteiger partial charge in [0.2, 0.25) is 11.8 Å². The maximum absolute atomic E-state index is 14.6. The van der Waals surface area contributed by atoms with Crippen molar-refractivity contribution in [2.45, 2.75) is 30.7 Å². The SMILES string of the molecule is COc1cc(-c2ccc3c(c2NC(=O)N=S(N)(=O)c2cnn4c2OCCC4)CC3)c(F)cn1. The fourth-order valence-electron chi connectivity index (χ4n) is 3.95. The molecular formula is C21H21FN6O4S. The molecule has 1 atom stereocenters. The Morgan fingerprint density at radius 3 is 2.94 bits per heavy atom. The zero-order valence-electron chi connectivity index (χ0n) is 17.7. The molecule has 12 heteroatoms. The van der Waals surface area contributed by atoms with Crippen LogP contribution in [0.5, 0.6) is 11.8 Å². The van der Waals surface area contributed by atoms with E-state index in [1.807, 2.05) is 6.07 Å². The van der Waals surface area contributed by atoms with Gasteiger partial charge in [0.1, 0.15) is 10.7 Å². The van der Waals surface area contributed by atoms with Gasteiger partial charge in [-0.3, -0.25) is 0 Å². The van der Waals surface area contributed by atoms with Gasteiger partial charge in [0.25, 0.3) is 0 Å². The van der Waals surface area contributed by atoms with Gasteiger partial charge in [-0.25, -0.2) is 28.2 Å². The highest BCUT2D eigenvalue weighted by molar-refractivity contribution is 7.91. The van der Waals surface area contributed by atoms with E-state index in [9.17, 15) is 13.4 Å². The molecule has 0 radical (unpaired) electrons. The van der Waals surface area contributed by atoms with Crippen molar-refractivity contribution >= 4 is 21.6 Å². The Hall–Kier alpha value is -3.51. The van der Waals surface area contributed by atoms with Crippen LogP contribution in [0.1, 0.15) is 17.5 Å². The van der Waals surface area contributed by atoms with Gasteiger partial charge in [-0.05, 0) is 24.0 Å². The van der Waals surface area contributed by atoms with Crippen molar-refractivity contribution in [3.05, 3.63) is 47.5 Å². The van der Waals surface area contributed by atoms with Crippen LogP contribution in [0.15, 0.2) is 39.9 Å². The first-order valence-corrected chi connectivity index (χ1v) is 11.8. The van der Waals surface area contributed by atoms with Crippen LogP contribution in [0, 0.1) is 5.82 Å². The second kappa shape index (κ2) is 8.12. The third-order valence-electron chi connectivity index (χ3n) is 5.66. The van der Waals surface area contributed by atoms with Gasteiger partial charge in [-0.1, -0.05) is 12.1 Å². The highest BCUT2D eigenvalue weighted by Crippen LogP contribution is 2.40. The second-order valence-electron chi connectivity index (χ2n) is 7.66. The lowest BCUT2D eigenvalue weighted by Crippen LogP contribution is -2.22. The van der Waals surface area contributed by atoms with Crippen LogP contribution in [0.25, 0.3) is 11.1 Å². The summed E-state index contributed by atoms with van der Waals surface area (Å²) in [6.07, 6.45) is 4.66. The van der Waals surface area contributed by atoms with Crippen LogP contribution >= 0.6 is 0 Å². The number of hydrogen-bond donors (Lipinski definition) is 2. The molecular weight excluding hydrogens is 451 g/mol. The van der Waals surface area contributed by atoms with E-state index in [2.05, 4.69) is 19.8 Å². The summed E-state index contributed by atoms with van der Waals surface area (Å²) >= 11 is 0. The molecule has 0 spiro atoms. The third-order valence-corrected chi connectivity index (χ3v) is 7.01. The quantitative estimate of drug-likeness (QED) is 0.600. The first kappa shape index (κ1) is 21.3. The molecule has 0 fully saturated rings. The first-order valence-electron chi connectivity index (χ1n) is 10.3. The zero-order chi connectivity index (χ0) is 23.2. The number of methoxy groups -OCH3 is 1. The molecule has 172 valence electrons. The lowest BCUT2D eigenvalue weighted by molar-refractivity contribution is 0.224. The van der Waals surface area contributed by atoms with E-state index in [4.69, 9.17) is 14.6 Å². The minimum atomic E-state index is -3.63. The molecule has 3 aromatic rings. The molecule has 1 aromatic carbocycles. The van der Waals surface area contributed by atoms with Gasteiger partial charge in [0.05, 0.1) is 31.8 Å². The number of halogens is 1. The van der Waals surface area contributed by atoms with Crippen molar-refractivity contribution in [2.24, 2.45) is 9.50 Å². The minimum absolute atomic E-state index is 0.0588. The van der Waals surface area contributed by atoms with Gasteiger partial charge < -0.3 is 14.8 Å². The molecule has 33 heavy (non-hydrogen) atoms. The number of ether oxygens (including phenoxy) is 2. The van der Waals surface area contributed by atoms with Crippen LogP contribution in [0.2, 0.25) is 0 Å². The Balaban J connectivity index is 1.53. The highest BCUT2D eigenvalue weighted by Gasteiger charge is 2.26. The number of nitrogens with two attached hydrogens (primary N) is 1. The Kier molecular flexibility index (Phi) is 5.25. The molecule has 1 aliphatic heterocycles. The molecule has 2 amide bonds. The number of carbonyl (C=O) groups is 1. The maximum Gasteiger partial charge on any atom is 0.354 e. The smallest absolute Gasteiger partial charge is 0.354 e. The van der Waals surface area contributed by atoms with E-state index < -0.39 is 21.8 Å². The number of aromatic nitrogens is 3. The number of carbonyl (C=O) groups excluding carboxylic acids is 1. The number of urea groups is 1. The average Bonchev–Trinajstić information content (AvgIpc) is 3.20. The van der Waals surface area contributed by atoms with Crippen molar-refractivity contribution in [3.63, 3.8) is 0 Å². The molecule has 0 saturated carbocycles. The van der Waals surface area contributed by atoms with Gasteiger partial charge in [-0.2, -0.15) is 5.10 Å². The topological polar surface area (TPSA) is 134 Å². The maximum atomic E-state index is 14.6. The van der Waals surface area contributed by atoms with Crippen LogP contribution < -0.4 is 19.9 Å². The number of amides is 2. The predicted molar refractivity (Wildman–Crippen MR) is 118 cm³/mol. The average molecular weight is 473 g/mol. The van der Waals surface area contributed by atoms with E-state index >= 15 is 0 Å². The lowest BCUT2D eigenvalue weighted by atomic mass is 9.84. The molecule has 2 aliphatic rings. The molecule has 1 unspecified atom stereocenters. The summed E-state index contributed by atoms with van der Waals surface area (Å²) in [5.74, 6) is -0.0958. The molecule has 2 aromatic heterocycles. The molecule has 1 aliphatic carbocycles. The number of benzene rings is 1. The van der Waals surface area contributed by atoms with E-state index in [-0.39, 0.29) is 22.2 Å². The van der Waals surface area contributed by atoms with E-state index in [1.54, 1.807) is 6.07 Å². The largest absolute Gasteiger partial charge is 0.481 e. The highest BCUT2D eigenvalue weighted by atomic mass is 32.2. The summed E-state index contributed by atoms with van der Waals surface area (Å²) in [4.78, 5) is 16.8. The van der Waals surface area contributed by atoms with Crippen LogP contribution in [-0.4, -0.2) is 38.7 Å². The summed E-state index contributed by atoms with van der Waals surface area (Å²) in [5.41, 5.74) is 2.93. The molecule has 0 bridgehead atoms. The zero-order valence-corrected chi connectivity index (χ0v) is 18.5. The van der Waals surface area contributed by atoms with E-state index in [1.165, 1.54) is 24.1 Å². The third kappa shape index (κ3) is 3.80. The van der Waals surface area contributed by atoms with Crippen LogP contribution in [0.3, 0.4) is 0 Å². The Morgan fingerprint density at radius 2 is 2.18 bits per heavy atom. The molecule has 5 rings (SSSR count).